The second-order valence-electron chi connectivity index (χ2n) is 6.43. The minimum absolute atomic E-state index is 0.178. The van der Waals surface area contributed by atoms with Crippen molar-refractivity contribution in [3.05, 3.63) is 0 Å². The van der Waals surface area contributed by atoms with Crippen molar-refractivity contribution in [3.63, 3.8) is 0 Å². The first-order valence-electron chi connectivity index (χ1n) is 8.03. The van der Waals surface area contributed by atoms with Crippen LogP contribution < -0.4 is 0 Å². The van der Waals surface area contributed by atoms with Crippen LogP contribution in [0.25, 0.3) is 0 Å². The van der Waals surface area contributed by atoms with Gasteiger partial charge in [0.25, 0.3) is 0 Å². The summed E-state index contributed by atoms with van der Waals surface area (Å²) in [7, 11) is 0. The van der Waals surface area contributed by atoms with Crippen LogP contribution in [0.1, 0.15) is 38.5 Å². The van der Waals surface area contributed by atoms with E-state index in [0.29, 0.717) is 13.0 Å². The molecule has 1 atom stereocenters. The van der Waals surface area contributed by atoms with E-state index < -0.39 is 36.4 Å². The summed E-state index contributed by atoms with van der Waals surface area (Å²) < 4.78 is 39.4. The molecule has 2 heterocycles. The number of carboxylic acids is 1. The van der Waals surface area contributed by atoms with Crippen LogP contribution in [-0.2, 0) is 14.4 Å². The summed E-state index contributed by atoms with van der Waals surface area (Å²) in [5.74, 6) is -2.77. The summed E-state index contributed by atoms with van der Waals surface area (Å²) in [5.41, 5.74) is -2.91. The van der Waals surface area contributed by atoms with Crippen molar-refractivity contribution in [1.82, 2.24) is 9.80 Å². The van der Waals surface area contributed by atoms with Gasteiger partial charge in [-0.2, -0.15) is 13.2 Å². The molecule has 0 bridgehead atoms. The number of halogens is 3. The number of likely N-dealkylation sites (tertiary alicyclic amines) is 2. The molecule has 2 amide bonds. The molecule has 24 heavy (non-hydrogen) atoms. The number of hydrogen-bond donors (Lipinski definition) is 1. The summed E-state index contributed by atoms with van der Waals surface area (Å²) in [6.07, 6.45) is -1.88. The zero-order chi connectivity index (χ0) is 18.0. The highest BCUT2D eigenvalue weighted by Crippen LogP contribution is 2.45. The van der Waals surface area contributed by atoms with Gasteiger partial charge >= 0.3 is 12.1 Å². The Morgan fingerprint density at radius 3 is 2.38 bits per heavy atom. The van der Waals surface area contributed by atoms with E-state index >= 15 is 0 Å². The van der Waals surface area contributed by atoms with Gasteiger partial charge in [-0.25, -0.2) is 0 Å². The van der Waals surface area contributed by atoms with E-state index in [1.165, 1.54) is 4.90 Å². The van der Waals surface area contributed by atoms with Crippen molar-refractivity contribution in [2.24, 2.45) is 5.41 Å². The molecular formula is C15H21F3N2O4. The highest BCUT2D eigenvalue weighted by Gasteiger charge is 2.64. The van der Waals surface area contributed by atoms with E-state index in [0.717, 1.165) is 30.6 Å². The quantitative estimate of drug-likeness (QED) is 0.839. The summed E-state index contributed by atoms with van der Waals surface area (Å²) in [6.45, 7) is -1.05. The molecule has 0 aromatic rings. The van der Waals surface area contributed by atoms with Crippen LogP contribution in [-0.4, -0.2) is 65.0 Å². The second-order valence-corrected chi connectivity index (χ2v) is 6.43. The summed E-state index contributed by atoms with van der Waals surface area (Å²) in [4.78, 5) is 37.7. The normalized spacial score (nSPS) is 26.2. The Kier molecular flexibility index (Phi) is 5.39. The largest absolute Gasteiger partial charge is 0.481 e. The first-order chi connectivity index (χ1) is 11.2. The molecule has 2 fully saturated rings. The van der Waals surface area contributed by atoms with Crippen LogP contribution in [0.2, 0.25) is 0 Å². The molecule has 1 unspecified atom stereocenters. The summed E-state index contributed by atoms with van der Waals surface area (Å²) in [5, 5.41) is 9.01. The van der Waals surface area contributed by atoms with Crippen LogP contribution >= 0.6 is 0 Å². The number of alkyl halides is 3. The van der Waals surface area contributed by atoms with Crippen molar-refractivity contribution in [2.45, 2.75) is 44.7 Å². The molecule has 0 aromatic heterocycles. The minimum atomic E-state index is -4.93. The van der Waals surface area contributed by atoms with Crippen molar-refractivity contribution in [3.8, 4) is 0 Å². The zero-order valence-corrected chi connectivity index (χ0v) is 13.3. The Balaban J connectivity index is 2.03. The molecule has 6 nitrogen and oxygen atoms in total. The van der Waals surface area contributed by atoms with Gasteiger partial charge in [-0.15, -0.1) is 0 Å². The van der Waals surface area contributed by atoms with E-state index in [2.05, 4.69) is 0 Å². The molecule has 2 rings (SSSR count). The molecule has 2 saturated heterocycles. The number of carbonyl (C=O) groups excluding carboxylic acids is 2. The summed E-state index contributed by atoms with van der Waals surface area (Å²) >= 11 is 0. The standard InChI is InChI=1S/C15H21F3N2O4/c16-15(17,18)14(13(23)24)6-8-20(10-14)12(22)9-19-7-4-2-1-3-5-11(19)21/h1-10H2,(H,23,24). The fraction of sp³-hybridized carbons (Fsp3) is 0.800. The van der Waals surface area contributed by atoms with Crippen LogP contribution in [0.4, 0.5) is 13.2 Å². The van der Waals surface area contributed by atoms with Crippen LogP contribution in [0.3, 0.4) is 0 Å². The number of nitrogens with zero attached hydrogens (tertiary/aromatic N) is 2. The number of carbonyl (C=O) groups is 3. The Bertz CT molecular complexity index is 523. The summed E-state index contributed by atoms with van der Waals surface area (Å²) in [6, 6.07) is 0. The van der Waals surface area contributed by atoms with Gasteiger partial charge in [-0.05, 0) is 19.3 Å². The fourth-order valence-corrected chi connectivity index (χ4v) is 3.20. The molecule has 2 aliphatic heterocycles. The Morgan fingerprint density at radius 2 is 1.79 bits per heavy atom. The van der Waals surface area contributed by atoms with Crippen molar-refractivity contribution in [1.29, 1.82) is 0 Å². The van der Waals surface area contributed by atoms with Crippen molar-refractivity contribution < 1.29 is 32.7 Å². The van der Waals surface area contributed by atoms with Crippen LogP contribution in [0.15, 0.2) is 0 Å². The molecule has 2 aliphatic rings. The topological polar surface area (TPSA) is 77.9 Å². The van der Waals surface area contributed by atoms with Gasteiger partial charge in [0.2, 0.25) is 11.8 Å². The monoisotopic (exact) mass is 350 g/mol. The van der Waals surface area contributed by atoms with Gasteiger partial charge in [-0.1, -0.05) is 12.8 Å². The van der Waals surface area contributed by atoms with Gasteiger partial charge < -0.3 is 14.9 Å². The lowest BCUT2D eigenvalue weighted by Crippen LogP contribution is -2.49. The van der Waals surface area contributed by atoms with Crippen LogP contribution in [0.5, 0.6) is 0 Å². The Labute approximate surface area is 137 Å². The lowest BCUT2D eigenvalue weighted by atomic mass is 9.86. The molecular weight excluding hydrogens is 329 g/mol. The highest BCUT2D eigenvalue weighted by molar-refractivity contribution is 5.86. The predicted molar refractivity (Wildman–Crippen MR) is 77.0 cm³/mol. The average molecular weight is 350 g/mol. The zero-order valence-electron chi connectivity index (χ0n) is 13.3. The van der Waals surface area contributed by atoms with E-state index in [1.807, 2.05) is 0 Å². The molecule has 0 aliphatic carbocycles. The number of rotatable bonds is 3. The molecule has 0 spiro atoms. The maximum Gasteiger partial charge on any atom is 0.406 e. The van der Waals surface area contributed by atoms with Crippen molar-refractivity contribution in [2.75, 3.05) is 26.2 Å². The number of aliphatic carboxylic acids is 1. The molecule has 0 saturated carbocycles. The number of hydrogen-bond acceptors (Lipinski definition) is 3. The van der Waals surface area contributed by atoms with Crippen LogP contribution in [0, 0.1) is 5.41 Å². The minimum Gasteiger partial charge on any atom is -0.481 e. The van der Waals surface area contributed by atoms with E-state index in [4.69, 9.17) is 5.11 Å². The maximum atomic E-state index is 13.1. The van der Waals surface area contributed by atoms with Gasteiger partial charge in [0.15, 0.2) is 5.41 Å². The maximum absolute atomic E-state index is 13.1. The molecule has 0 aromatic carbocycles. The first kappa shape index (κ1) is 18.5. The SMILES string of the molecule is O=C1CCCCCCN1CC(=O)N1CCC(C(=O)O)(C(F)(F)F)C1. The van der Waals surface area contributed by atoms with E-state index in [1.54, 1.807) is 0 Å². The Hall–Kier alpha value is -1.80. The third-order valence-electron chi connectivity index (χ3n) is 4.82. The predicted octanol–water partition coefficient (Wildman–Crippen LogP) is 1.64. The van der Waals surface area contributed by atoms with E-state index in [-0.39, 0.29) is 19.0 Å². The highest BCUT2D eigenvalue weighted by atomic mass is 19.4. The van der Waals surface area contributed by atoms with Gasteiger partial charge in [0.05, 0.1) is 6.54 Å². The first-order valence-corrected chi connectivity index (χ1v) is 8.03. The number of carboxylic acid groups (broad SMARTS) is 1. The molecule has 136 valence electrons. The number of amides is 2. The molecule has 1 N–H and O–H groups in total. The van der Waals surface area contributed by atoms with E-state index in [9.17, 15) is 27.6 Å². The lowest BCUT2D eigenvalue weighted by molar-refractivity contribution is -0.227. The Morgan fingerprint density at radius 1 is 1.12 bits per heavy atom. The molecule has 0 radical (unpaired) electrons. The van der Waals surface area contributed by atoms with Crippen molar-refractivity contribution >= 4 is 17.8 Å². The van der Waals surface area contributed by atoms with Gasteiger partial charge in [0.1, 0.15) is 0 Å². The fourth-order valence-electron chi connectivity index (χ4n) is 3.20. The lowest BCUT2D eigenvalue weighted by Gasteiger charge is -2.29. The van der Waals surface area contributed by atoms with Gasteiger partial charge in [0, 0.05) is 26.1 Å². The molecule has 9 heteroatoms. The average Bonchev–Trinajstić information content (AvgIpc) is 2.93. The second kappa shape index (κ2) is 6.98. The third kappa shape index (κ3) is 3.64. The smallest absolute Gasteiger partial charge is 0.406 e. The third-order valence-corrected chi connectivity index (χ3v) is 4.82. The van der Waals surface area contributed by atoms with Gasteiger partial charge in [-0.3, -0.25) is 14.4 Å².